The molecule has 42 heavy (non-hydrogen) atoms. The van der Waals surface area contributed by atoms with E-state index in [1.807, 2.05) is 18.7 Å². The summed E-state index contributed by atoms with van der Waals surface area (Å²) in [4.78, 5) is 49.4. The largest absolute Gasteiger partial charge is 0.376 e. The SMILES string of the molecule is CC(C)N1C(=O)N(CC2CCCO2)C(=O)C12CC1CCC(C2)N1C[C@H]1CN(C(=O)CC(C)(C)C)C[C@@H]1c1ccccc1. The molecule has 0 radical (unpaired) electrons. The number of ether oxygens (including phenoxy) is 1. The first-order valence-electron chi connectivity index (χ1n) is 16.3. The molecule has 1 aromatic carbocycles. The van der Waals surface area contributed by atoms with Gasteiger partial charge in [-0.05, 0) is 69.3 Å². The summed E-state index contributed by atoms with van der Waals surface area (Å²) in [5.74, 6) is 0.886. The van der Waals surface area contributed by atoms with Gasteiger partial charge in [0, 0.05) is 56.7 Å². The van der Waals surface area contributed by atoms with E-state index >= 15 is 0 Å². The van der Waals surface area contributed by atoms with Crippen LogP contribution in [0, 0.1) is 11.3 Å². The fraction of sp³-hybridized carbons (Fsp3) is 0.735. The molecule has 1 aromatic rings. The molecule has 3 unspecified atom stereocenters. The van der Waals surface area contributed by atoms with E-state index in [0.29, 0.717) is 44.2 Å². The Morgan fingerprint density at radius 3 is 2.29 bits per heavy atom. The Balaban J connectivity index is 1.21. The quantitative estimate of drug-likeness (QED) is 0.431. The lowest BCUT2D eigenvalue weighted by Gasteiger charge is -2.48. The van der Waals surface area contributed by atoms with Crippen LogP contribution in [-0.4, -0.2) is 100.0 Å². The highest BCUT2D eigenvalue weighted by Gasteiger charge is 2.63. The summed E-state index contributed by atoms with van der Waals surface area (Å²) in [6.07, 6.45) is 5.92. The summed E-state index contributed by atoms with van der Waals surface area (Å²) in [6.45, 7) is 14.0. The first-order valence-corrected chi connectivity index (χ1v) is 16.3. The van der Waals surface area contributed by atoms with Crippen molar-refractivity contribution in [3.8, 4) is 0 Å². The Morgan fingerprint density at radius 1 is 1.00 bits per heavy atom. The average Bonchev–Trinajstić information content (AvgIpc) is 3.68. The molecule has 5 saturated heterocycles. The molecule has 5 fully saturated rings. The van der Waals surface area contributed by atoms with Gasteiger partial charge in [-0.2, -0.15) is 0 Å². The fourth-order valence-corrected chi connectivity index (χ4v) is 8.78. The van der Waals surface area contributed by atoms with Crippen LogP contribution in [-0.2, 0) is 14.3 Å². The van der Waals surface area contributed by atoms with E-state index in [0.717, 1.165) is 45.3 Å². The summed E-state index contributed by atoms with van der Waals surface area (Å²) in [7, 11) is 0. The summed E-state index contributed by atoms with van der Waals surface area (Å²) >= 11 is 0. The molecule has 0 N–H and O–H groups in total. The Hall–Kier alpha value is -2.45. The van der Waals surface area contributed by atoms with Crippen molar-refractivity contribution >= 4 is 17.8 Å². The zero-order valence-electron chi connectivity index (χ0n) is 26.3. The predicted octanol–water partition coefficient (Wildman–Crippen LogP) is 4.88. The third-order valence-electron chi connectivity index (χ3n) is 10.5. The maximum Gasteiger partial charge on any atom is 0.327 e. The van der Waals surface area contributed by atoms with Gasteiger partial charge in [0.1, 0.15) is 5.54 Å². The Labute approximate surface area is 251 Å². The highest BCUT2D eigenvalue weighted by Crippen LogP contribution is 2.49. The molecule has 0 saturated carbocycles. The molecule has 1 spiro atoms. The Kier molecular flexibility index (Phi) is 7.92. The monoisotopic (exact) mass is 578 g/mol. The van der Waals surface area contributed by atoms with Gasteiger partial charge in [-0.1, -0.05) is 51.1 Å². The van der Waals surface area contributed by atoms with E-state index in [2.05, 4.69) is 60.9 Å². The third kappa shape index (κ3) is 5.38. The molecule has 5 heterocycles. The van der Waals surface area contributed by atoms with Crippen molar-refractivity contribution in [1.29, 1.82) is 0 Å². The number of piperidine rings is 1. The lowest BCUT2D eigenvalue weighted by Crippen LogP contribution is -2.62. The molecule has 0 aromatic heterocycles. The predicted molar refractivity (Wildman–Crippen MR) is 162 cm³/mol. The normalized spacial score (nSPS) is 33.7. The van der Waals surface area contributed by atoms with Gasteiger partial charge in [0.15, 0.2) is 0 Å². The van der Waals surface area contributed by atoms with Gasteiger partial charge in [-0.25, -0.2) is 4.79 Å². The number of carbonyl (C=O) groups is 3. The van der Waals surface area contributed by atoms with Crippen LogP contribution in [0.5, 0.6) is 0 Å². The maximum absolute atomic E-state index is 14.2. The van der Waals surface area contributed by atoms with Gasteiger partial charge < -0.3 is 14.5 Å². The second-order valence-corrected chi connectivity index (χ2v) is 15.1. The van der Waals surface area contributed by atoms with Crippen molar-refractivity contribution in [3.63, 3.8) is 0 Å². The first-order chi connectivity index (χ1) is 20.0. The lowest BCUT2D eigenvalue weighted by molar-refractivity contribution is -0.139. The van der Waals surface area contributed by atoms with Crippen LogP contribution in [0.1, 0.15) is 91.0 Å². The molecular weight excluding hydrogens is 528 g/mol. The topological polar surface area (TPSA) is 73.4 Å². The van der Waals surface area contributed by atoms with Crippen LogP contribution < -0.4 is 0 Å². The minimum absolute atomic E-state index is 0.00442. The Morgan fingerprint density at radius 2 is 1.69 bits per heavy atom. The summed E-state index contributed by atoms with van der Waals surface area (Å²) in [5.41, 5.74) is 0.514. The second kappa shape index (κ2) is 11.2. The van der Waals surface area contributed by atoms with Crippen molar-refractivity contribution < 1.29 is 19.1 Å². The number of rotatable bonds is 7. The minimum atomic E-state index is -0.755. The van der Waals surface area contributed by atoms with E-state index in [9.17, 15) is 14.4 Å². The highest BCUT2D eigenvalue weighted by molar-refractivity contribution is 6.07. The maximum atomic E-state index is 14.2. The van der Waals surface area contributed by atoms with E-state index in [1.54, 1.807) is 0 Å². The summed E-state index contributed by atoms with van der Waals surface area (Å²) in [6, 6.07) is 11.0. The molecule has 5 atom stereocenters. The third-order valence-corrected chi connectivity index (χ3v) is 10.5. The van der Waals surface area contributed by atoms with Crippen molar-refractivity contribution in [3.05, 3.63) is 35.9 Å². The second-order valence-electron chi connectivity index (χ2n) is 15.1. The zero-order valence-corrected chi connectivity index (χ0v) is 26.3. The van der Waals surface area contributed by atoms with E-state index in [-0.39, 0.29) is 47.5 Å². The van der Waals surface area contributed by atoms with Crippen molar-refractivity contribution in [2.75, 3.05) is 32.8 Å². The molecule has 4 amide bonds. The van der Waals surface area contributed by atoms with Gasteiger partial charge in [0.2, 0.25) is 5.91 Å². The van der Waals surface area contributed by atoms with Gasteiger partial charge >= 0.3 is 6.03 Å². The number of hydrogen-bond acceptors (Lipinski definition) is 5. The number of nitrogens with zero attached hydrogens (tertiary/aromatic N) is 4. The standard InChI is InChI=1S/C34H50N4O4/c1-23(2)38-32(41)37(21-28-12-9-15-42-28)31(40)34(38)16-26-13-14-27(17-34)36(26)20-25-19-35(30(39)18-33(3,4)5)22-29(25)24-10-7-6-8-11-24/h6-8,10-11,23,25-29H,9,12-22H2,1-5H3/t25-,26?,27?,28?,29-,34?/m1/s1. The molecule has 0 aliphatic carbocycles. The molecule has 5 aliphatic heterocycles. The van der Waals surface area contributed by atoms with Crippen molar-refractivity contribution in [1.82, 2.24) is 19.6 Å². The molecule has 5 aliphatic rings. The van der Waals surface area contributed by atoms with Crippen LogP contribution in [0.3, 0.4) is 0 Å². The van der Waals surface area contributed by atoms with Gasteiger partial charge in [0.05, 0.1) is 12.6 Å². The fourth-order valence-electron chi connectivity index (χ4n) is 8.78. The van der Waals surface area contributed by atoms with Crippen molar-refractivity contribution in [2.45, 2.75) is 115 Å². The van der Waals surface area contributed by atoms with Gasteiger partial charge in [0.25, 0.3) is 5.91 Å². The highest BCUT2D eigenvalue weighted by atomic mass is 16.5. The number of amides is 4. The molecule has 2 bridgehead atoms. The van der Waals surface area contributed by atoms with E-state index in [1.165, 1.54) is 10.5 Å². The number of likely N-dealkylation sites (tertiary alicyclic amines) is 1. The average molecular weight is 579 g/mol. The number of benzene rings is 1. The molecule has 6 rings (SSSR count). The van der Waals surface area contributed by atoms with Gasteiger partial charge in [-0.15, -0.1) is 0 Å². The zero-order chi connectivity index (χ0) is 29.8. The van der Waals surface area contributed by atoms with Gasteiger partial charge in [-0.3, -0.25) is 19.4 Å². The van der Waals surface area contributed by atoms with Crippen LogP contribution in [0.25, 0.3) is 0 Å². The first kappa shape index (κ1) is 29.6. The smallest absolute Gasteiger partial charge is 0.327 e. The van der Waals surface area contributed by atoms with Crippen LogP contribution in [0.15, 0.2) is 30.3 Å². The lowest BCUT2D eigenvalue weighted by atomic mass is 9.79. The summed E-state index contributed by atoms with van der Waals surface area (Å²) < 4.78 is 5.83. The number of carbonyl (C=O) groups excluding carboxylic acids is 3. The van der Waals surface area contributed by atoms with Crippen molar-refractivity contribution in [2.24, 2.45) is 11.3 Å². The number of imide groups is 1. The molecule has 8 heteroatoms. The molecule has 8 nitrogen and oxygen atoms in total. The van der Waals surface area contributed by atoms with Crippen LogP contribution >= 0.6 is 0 Å². The van der Waals surface area contributed by atoms with Crippen LogP contribution in [0.2, 0.25) is 0 Å². The summed E-state index contributed by atoms with van der Waals surface area (Å²) in [5, 5.41) is 0. The Bertz CT molecular complexity index is 1160. The molecular formula is C34H50N4O4. The number of urea groups is 1. The minimum Gasteiger partial charge on any atom is -0.376 e. The van der Waals surface area contributed by atoms with E-state index in [4.69, 9.17) is 4.74 Å². The van der Waals surface area contributed by atoms with E-state index < -0.39 is 5.54 Å². The molecule has 230 valence electrons. The number of hydrogen-bond donors (Lipinski definition) is 0. The van der Waals surface area contributed by atoms with Crippen LogP contribution in [0.4, 0.5) is 4.79 Å². The number of fused-ring (bicyclic) bond motifs is 2.